The fourth-order valence-electron chi connectivity index (χ4n) is 2.20. The van der Waals surface area contributed by atoms with Crippen molar-refractivity contribution in [2.45, 2.75) is 13.8 Å². The van der Waals surface area contributed by atoms with Gasteiger partial charge in [0.1, 0.15) is 16.0 Å². The summed E-state index contributed by atoms with van der Waals surface area (Å²) < 4.78 is 11.2. The van der Waals surface area contributed by atoms with E-state index in [0.717, 1.165) is 16.8 Å². The molecule has 116 valence electrons. The monoisotopic (exact) mass is 363 g/mol. The van der Waals surface area contributed by atoms with E-state index in [1.807, 2.05) is 32.0 Å². The van der Waals surface area contributed by atoms with Crippen LogP contribution < -0.4 is 14.8 Å². The first-order valence-corrected chi connectivity index (χ1v) is 7.56. The minimum absolute atomic E-state index is 0.207. The second-order valence-electron chi connectivity index (χ2n) is 4.92. The zero-order chi connectivity index (χ0) is 16.3. The summed E-state index contributed by atoms with van der Waals surface area (Å²) in [5, 5.41) is 2.95. The van der Waals surface area contributed by atoms with E-state index in [0.29, 0.717) is 21.5 Å². The number of rotatable bonds is 4. The Morgan fingerprint density at radius 3 is 2.00 bits per heavy atom. The first kappa shape index (κ1) is 16.4. The SMILES string of the molecule is COc1cc(C(=O)Nc2c(C)cccc2C)cc(OC)c1Br. The van der Waals surface area contributed by atoms with E-state index >= 15 is 0 Å². The van der Waals surface area contributed by atoms with E-state index in [1.165, 1.54) is 0 Å². The molecule has 0 radical (unpaired) electrons. The summed E-state index contributed by atoms with van der Waals surface area (Å²) in [6, 6.07) is 9.24. The zero-order valence-corrected chi connectivity index (χ0v) is 14.6. The Balaban J connectivity index is 2.38. The van der Waals surface area contributed by atoms with Gasteiger partial charge >= 0.3 is 0 Å². The summed E-state index contributed by atoms with van der Waals surface area (Å²) >= 11 is 3.39. The maximum atomic E-state index is 12.5. The van der Waals surface area contributed by atoms with Gasteiger partial charge in [-0.25, -0.2) is 0 Å². The van der Waals surface area contributed by atoms with Gasteiger partial charge in [-0.3, -0.25) is 4.79 Å². The van der Waals surface area contributed by atoms with E-state index < -0.39 is 0 Å². The second-order valence-corrected chi connectivity index (χ2v) is 5.71. The lowest BCUT2D eigenvalue weighted by atomic mass is 10.1. The average Bonchev–Trinajstić information content (AvgIpc) is 2.51. The number of anilines is 1. The van der Waals surface area contributed by atoms with E-state index in [-0.39, 0.29) is 5.91 Å². The van der Waals surface area contributed by atoms with Crippen LogP contribution in [0.3, 0.4) is 0 Å². The summed E-state index contributed by atoms with van der Waals surface area (Å²) in [7, 11) is 3.10. The molecule has 0 heterocycles. The van der Waals surface area contributed by atoms with Crippen LogP contribution in [-0.4, -0.2) is 20.1 Å². The molecular formula is C17H18BrNO3. The molecule has 0 aliphatic heterocycles. The Kier molecular flexibility index (Phi) is 5.08. The molecule has 0 aliphatic rings. The quantitative estimate of drug-likeness (QED) is 0.878. The van der Waals surface area contributed by atoms with Gasteiger partial charge in [-0.2, -0.15) is 0 Å². The molecular weight excluding hydrogens is 346 g/mol. The van der Waals surface area contributed by atoms with Gasteiger partial charge in [0.2, 0.25) is 0 Å². The van der Waals surface area contributed by atoms with Crippen LogP contribution in [0.25, 0.3) is 0 Å². The molecule has 0 spiro atoms. The molecule has 0 atom stereocenters. The van der Waals surface area contributed by atoms with Crippen molar-refractivity contribution in [1.82, 2.24) is 0 Å². The minimum Gasteiger partial charge on any atom is -0.495 e. The molecule has 0 fully saturated rings. The number of hydrogen-bond acceptors (Lipinski definition) is 3. The molecule has 0 saturated heterocycles. The third-order valence-electron chi connectivity index (χ3n) is 3.43. The molecule has 5 heteroatoms. The van der Waals surface area contributed by atoms with Gasteiger partial charge in [0.05, 0.1) is 14.2 Å². The highest BCUT2D eigenvalue weighted by molar-refractivity contribution is 9.10. The number of methoxy groups -OCH3 is 2. The standard InChI is InChI=1S/C17H18BrNO3/c1-10-6-5-7-11(2)16(10)19-17(20)12-8-13(21-3)15(18)14(9-12)22-4/h5-9H,1-4H3,(H,19,20). The summed E-state index contributed by atoms with van der Waals surface area (Å²) in [6.07, 6.45) is 0. The van der Waals surface area contributed by atoms with E-state index in [4.69, 9.17) is 9.47 Å². The summed E-state index contributed by atoms with van der Waals surface area (Å²) in [4.78, 5) is 12.5. The number of aryl methyl sites for hydroxylation is 2. The highest BCUT2D eigenvalue weighted by Crippen LogP contribution is 2.36. The van der Waals surface area contributed by atoms with Gasteiger partial charge in [0.25, 0.3) is 5.91 Å². The summed E-state index contributed by atoms with van der Waals surface area (Å²) in [5.41, 5.74) is 3.33. The van der Waals surface area contributed by atoms with Crippen molar-refractivity contribution in [3.05, 3.63) is 51.5 Å². The molecule has 0 aromatic heterocycles. The fourth-order valence-corrected chi connectivity index (χ4v) is 2.75. The predicted octanol–water partition coefficient (Wildman–Crippen LogP) is 4.34. The van der Waals surface area contributed by atoms with Crippen molar-refractivity contribution >= 4 is 27.5 Å². The summed E-state index contributed by atoms with van der Waals surface area (Å²) in [6.45, 7) is 3.93. The molecule has 22 heavy (non-hydrogen) atoms. The normalized spacial score (nSPS) is 10.2. The Morgan fingerprint density at radius 1 is 1.05 bits per heavy atom. The first-order chi connectivity index (χ1) is 10.5. The smallest absolute Gasteiger partial charge is 0.255 e. The second kappa shape index (κ2) is 6.83. The van der Waals surface area contributed by atoms with Crippen LogP contribution in [0.4, 0.5) is 5.69 Å². The van der Waals surface area contributed by atoms with Gasteiger partial charge < -0.3 is 14.8 Å². The third kappa shape index (κ3) is 3.25. The number of ether oxygens (including phenoxy) is 2. The van der Waals surface area contributed by atoms with Crippen LogP contribution in [0, 0.1) is 13.8 Å². The Hall–Kier alpha value is -2.01. The van der Waals surface area contributed by atoms with Crippen molar-refractivity contribution < 1.29 is 14.3 Å². The maximum absolute atomic E-state index is 12.5. The number of hydrogen-bond donors (Lipinski definition) is 1. The van der Waals surface area contributed by atoms with Crippen LogP contribution in [0.2, 0.25) is 0 Å². The number of nitrogens with one attached hydrogen (secondary N) is 1. The third-order valence-corrected chi connectivity index (χ3v) is 4.21. The highest BCUT2D eigenvalue weighted by atomic mass is 79.9. The molecule has 0 aliphatic carbocycles. The van der Waals surface area contributed by atoms with E-state index in [9.17, 15) is 4.79 Å². The van der Waals surface area contributed by atoms with Crippen LogP contribution in [0.15, 0.2) is 34.8 Å². The number of amides is 1. The predicted molar refractivity (Wildman–Crippen MR) is 91.1 cm³/mol. The number of benzene rings is 2. The van der Waals surface area contributed by atoms with E-state index in [2.05, 4.69) is 21.2 Å². The number of para-hydroxylation sites is 1. The van der Waals surface area contributed by atoms with Gasteiger partial charge in [0, 0.05) is 11.3 Å². The molecule has 1 amide bonds. The van der Waals surface area contributed by atoms with Crippen molar-refractivity contribution in [2.24, 2.45) is 0 Å². The zero-order valence-electron chi connectivity index (χ0n) is 13.0. The Bertz CT molecular complexity index is 668. The number of halogens is 1. The van der Waals surface area contributed by atoms with Gasteiger partial charge in [0.15, 0.2) is 0 Å². The number of carbonyl (C=O) groups excluding carboxylic acids is 1. The van der Waals surface area contributed by atoms with Crippen LogP contribution in [0.1, 0.15) is 21.5 Å². The molecule has 4 nitrogen and oxygen atoms in total. The molecule has 1 N–H and O–H groups in total. The van der Waals surface area contributed by atoms with Crippen LogP contribution >= 0.6 is 15.9 Å². The van der Waals surface area contributed by atoms with E-state index in [1.54, 1.807) is 26.4 Å². The van der Waals surface area contributed by atoms with Crippen molar-refractivity contribution in [2.75, 3.05) is 19.5 Å². The average molecular weight is 364 g/mol. The lowest BCUT2D eigenvalue weighted by Crippen LogP contribution is -2.14. The lowest BCUT2D eigenvalue weighted by Gasteiger charge is -2.14. The number of carbonyl (C=O) groups is 1. The molecule has 0 bridgehead atoms. The molecule has 2 aromatic rings. The molecule has 0 unspecified atom stereocenters. The Morgan fingerprint density at radius 2 is 1.55 bits per heavy atom. The molecule has 2 rings (SSSR count). The van der Waals surface area contributed by atoms with Crippen molar-refractivity contribution in [3.8, 4) is 11.5 Å². The van der Waals surface area contributed by atoms with Crippen molar-refractivity contribution in [3.63, 3.8) is 0 Å². The largest absolute Gasteiger partial charge is 0.495 e. The summed E-state index contributed by atoms with van der Waals surface area (Å²) in [5.74, 6) is 0.888. The highest BCUT2D eigenvalue weighted by Gasteiger charge is 2.16. The first-order valence-electron chi connectivity index (χ1n) is 6.77. The lowest BCUT2D eigenvalue weighted by molar-refractivity contribution is 0.102. The topological polar surface area (TPSA) is 47.6 Å². The van der Waals surface area contributed by atoms with Crippen LogP contribution in [0.5, 0.6) is 11.5 Å². The minimum atomic E-state index is -0.207. The fraction of sp³-hybridized carbons (Fsp3) is 0.235. The molecule has 2 aromatic carbocycles. The van der Waals surface area contributed by atoms with Gasteiger partial charge in [-0.1, -0.05) is 18.2 Å². The van der Waals surface area contributed by atoms with Crippen LogP contribution in [-0.2, 0) is 0 Å². The Labute approximate surface area is 138 Å². The molecule has 0 saturated carbocycles. The van der Waals surface area contributed by atoms with Gasteiger partial charge in [-0.15, -0.1) is 0 Å². The van der Waals surface area contributed by atoms with Crippen molar-refractivity contribution in [1.29, 1.82) is 0 Å². The van der Waals surface area contributed by atoms with Gasteiger partial charge in [-0.05, 0) is 53.0 Å². The maximum Gasteiger partial charge on any atom is 0.255 e.